The number of aliphatic hydroxyl groups is 1. The van der Waals surface area contributed by atoms with Crippen molar-refractivity contribution in [2.75, 3.05) is 7.11 Å². The van der Waals surface area contributed by atoms with Crippen LogP contribution in [0.25, 0.3) is 11.0 Å². The third kappa shape index (κ3) is 5.17. The highest BCUT2D eigenvalue weighted by Gasteiger charge is 2.24. The molecule has 0 saturated heterocycles. The van der Waals surface area contributed by atoms with Gasteiger partial charge < -0.3 is 25.5 Å². The molecule has 1 aliphatic rings. The fraction of sp³-hybridized carbons (Fsp3) is 0.417. The highest BCUT2D eigenvalue weighted by atomic mass is 16.5. The Balaban J connectivity index is 1.54. The Bertz CT molecular complexity index is 1010. The maximum absolute atomic E-state index is 12.8. The number of fused-ring (bicyclic) bond motifs is 1. The molecule has 1 atom stereocenters. The fourth-order valence-electron chi connectivity index (χ4n) is 4.20. The summed E-state index contributed by atoms with van der Waals surface area (Å²) in [6.07, 6.45) is 3.39. The van der Waals surface area contributed by atoms with E-state index in [9.17, 15) is 9.90 Å². The number of imidazole rings is 1. The van der Waals surface area contributed by atoms with E-state index < -0.39 is 0 Å². The van der Waals surface area contributed by atoms with Crippen LogP contribution in [-0.4, -0.2) is 40.4 Å². The van der Waals surface area contributed by atoms with E-state index in [0.29, 0.717) is 6.42 Å². The van der Waals surface area contributed by atoms with E-state index in [2.05, 4.69) is 15.6 Å². The summed E-state index contributed by atoms with van der Waals surface area (Å²) in [5.41, 5.74) is 4.03. The van der Waals surface area contributed by atoms with E-state index in [1.807, 2.05) is 49.4 Å². The minimum Gasteiger partial charge on any atom is -0.497 e. The van der Waals surface area contributed by atoms with E-state index in [-0.39, 0.29) is 24.2 Å². The molecule has 0 bridgehead atoms. The number of aromatic nitrogens is 2. The van der Waals surface area contributed by atoms with Gasteiger partial charge in [-0.05, 0) is 68.0 Å². The first-order valence-electron chi connectivity index (χ1n) is 10.8. The maximum Gasteiger partial charge on any atom is 0.315 e. The lowest BCUT2D eigenvalue weighted by molar-refractivity contribution is 0.117. The summed E-state index contributed by atoms with van der Waals surface area (Å²) in [5.74, 6) is 1.54. The molecule has 1 unspecified atom stereocenters. The van der Waals surface area contributed by atoms with E-state index in [0.717, 1.165) is 59.4 Å². The highest BCUT2D eigenvalue weighted by molar-refractivity contribution is 5.76. The number of methoxy groups -OCH3 is 1. The van der Waals surface area contributed by atoms with Gasteiger partial charge in [-0.3, -0.25) is 0 Å². The number of urea groups is 1. The second kappa shape index (κ2) is 9.39. The molecule has 1 aliphatic carbocycles. The van der Waals surface area contributed by atoms with Gasteiger partial charge in [-0.1, -0.05) is 18.2 Å². The lowest BCUT2D eigenvalue weighted by atomic mass is 9.93. The Hall–Kier alpha value is -3.06. The fourth-order valence-corrected chi connectivity index (χ4v) is 4.20. The van der Waals surface area contributed by atoms with Crippen molar-refractivity contribution >= 4 is 17.1 Å². The van der Waals surface area contributed by atoms with Gasteiger partial charge in [-0.25, -0.2) is 9.78 Å². The highest BCUT2D eigenvalue weighted by Crippen LogP contribution is 2.24. The topological polar surface area (TPSA) is 99.3 Å². The molecule has 31 heavy (non-hydrogen) atoms. The van der Waals surface area contributed by atoms with Crippen molar-refractivity contribution in [1.29, 1.82) is 0 Å². The first-order valence-corrected chi connectivity index (χ1v) is 10.8. The molecular weight excluding hydrogens is 392 g/mol. The number of nitrogens with zero attached hydrogens (tertiary/aromatic N) is 1. The van der Waals surface area contributed by atoms with Crippen LogP contribution >= 0.6 is 0 Å². The lowest BCUT2D eigenvalue weighted by Gasteiger charge is -2.27. The molecule has 0 radical (unpaired) electrons. The Kier molecular flexibility index (Phi) is 6.42. The number of aromatic amines is 1. The number of aryl methyl sites for hydroxylation is 1. The summed E-state index contributed by atoms with van der Waals surface area (Å²) in [5, 5.41) is 15.9. The number of H-pyrrole nitrogens is 1. The summed E-state index contributed by atoms with van der Waals surface area (Å²) < 4.78 is 5.32. The van der Waals surface area contributed by atoms with Gasteiger partial charge >= 0.3 is 6.03 Å². The third-order valence-electron chi connectivity index (χ3n) is 6.05. The third-order valence-corrected chi connectivity index (χ3v) is 6.05. The molecule has 7 nitrogen and oxygen atoms in total. The molecular formula is C24H30N4O3. The Labute approximate surface area is 182 Å². The molecule has 4 N–H and O–H groups in total. The molecule has 4 rings (SSSR count). The minimum absolute atomic E-state index is 0.0856. The van der Waals surface area contributed by atoms with Gasteiger partial charge in [0.25, 0.3) is 0 Å². The molecule has 0 spiro atoms. The van der Waals surface area contributed by atoms with Gasteiger partial charge in [0, 0.05) is 12.5 Å². The van der Waals surface area contributed by atoms with Gasteiger partial charge in [0.2, 0.25) is 0 Å². The number of amides is 2. The van der Waals surface area contributed by atoms with E-state index in [1.165, 1.54) is 0 Å². The zero-order valence-corrected chi connectivity index (χ0v) is 18.0. The second-order valence-corrected chi connectivity index (χ2v) is 8.31. The summed E-state index contributed by atoms with van der Waals surface area (Å²) >= 11 is 0. The molecule has 2 aromatic carbocycles. The minimum atomic E-state index is -0.311. The standard InChI is InChI=1S/C24H30N4O3/c1-15-13-19(31-2)12-7-16(15)14-22(23-26-20-5-3-4-6-21(20)27-23)28-24(30)25-17-8-10-18(29)11-9-17/h3-7,12-13,17-18,22,29H,8-11,14H2,1-2H3,(H,26,27)(H2,25,28,30)/t17-,18-,22?. The molecule has 7 heteroatoms. The molecule has 3 aromatic rings. The van der Waals surface area contributed by atoms with Crippen LogP contribution in [0.1, 0.15) is 48.7 Å². The average molecular weight is 423 g/mol. The van der Waals surface area contributed by atoms with Crippen molar-refractivity contribution in [3.63, 3.8) is 0 Å². The number of aliphatic hydroxyl groups excluding tert-OH is 1. The number of nitrogens with one attached hydrogen (secondary N) is 3. The van der Waals surface area contributed by atoms with E-state index in [4.69, 9.17) is 9.72 Å². The van der Waals surface area contributed by atoms with E-state index >= 15 is 0 Å². The molecule has 164 valence electrons. The lowest BCUT2D eigenvalue weighted by Crippen LogP contribution is -2.45. The van der Waals surface area contributed by atoms with Crippen molar-refractivity contribution in [3.8, 4) is 5.75 Å². The van der Waals surface area contributed by atoms with Crippen LogP contribution < -0.4 is 15.4 Å². The molecule has 1 fully saturated rings. The predicted molar refractivity (Wildman–Crippen MR) is 120 cm³/mol. The Morgan fingerprint density at radius 3 is 2.71 bits per heavy atom. The van der Waals surface area contributed by atoms with Gasteiger partial charge in [0.05, 0.1) is 30.3 Å². The number of rotatable bonds is 6. The zero-order chi connectivity index (χ0) is 21.8. The summed E-state index contributed by atoms with van der Waals surface area (Å²) in [7, 11) is 1.65. The molecule has 0 aliphatic heterocycles. The van der Waals surface area contributed by atoms with Crippen LogP contribution in [0.5, 0.6) is 5.75 Å². The number of ether oxygens (including phenoxy) is 1. The number of para-hydroxylation sites is 2. The zero-order valence-electron chi connectivity index (χ0n) is 18.0. The predicted octanol–water partition coefficient (Wildman–Crippen LogP) is 3.77. The van der Waals surface area contributed by atoms with Crippen molar-refractivity contribution in [2.24, 2.45) is 0 Å². The maximum atomic E-state index is 12.8. The van der Waals surface area contributed by atoms with Gasteiger partial charge in [0.1, 0.15) is 11.6 Å². The summed E-state index contributed by atoms with van der Waals surface area (Å²) in [4.78, 5) is 20.9. The SMILES string of the molecule is COc1ccc(CC(NC(=O)N[C@H]2CC[C@H](O)CC2)c2nc3ccccc3[nH]2)c(C)c1. The van der Waals surface area contributed by atoms with Gasteiger partial charge in [0.15, 0.2) is 0 Å². The van der Waals surface area contributed by atoms with E-state index in [1.54, 1.807) is 7.11 Å². The largest absolute Gasteiger partial charge is 0.497 e. The second-order valence-electron chi connectivity index (χ2n) is 8.31. The van der Waals surface area contributed by atoms with Crippen LogP contribution in [0.3, 0.4) is 0 Å². The Morgan fingerprint density at radius 2 is 2.00 bits per heavy atom. The number of carbonyl (C=O) groups is 1. The number of hydrogen-bond donors (Lipinski definition) is 4. The first-order chi connectivity index (χ1) is 15.0. The first kappa shape index (κ1) is 21.2. The van der Waals surface area contributed by atoms with Crippen molar-refractivity contribution in [3.05, 3.63) is 59.4 Å². The van der Waals surface area contributed by atoms with Crippen molar-refractivity contribution in [2.45, 2.75) is 57.2 Å². The monoisotopic (exact) mass is 422 g/mol. The van der Waals surface area contributed by atoms with Gasteiger partial charge in [-0.15, -0.1) is 0 Å². The molecule has 1 aromatic heterocycles. The normalized spacial score (nSPS) is 19.7. The molecule has 1 saturated carbocycles. The van der Waals surface area contributed by atoms with Crippen LogP contribution in [0.4, 0.5) is 4.79 Å². The quantitative estimate of drug-likeness (QED) is 0.486. The summed E-state index contributed by atoms with van der Waals surface area (Å²) in [6.45, 7) is 2.04. The van der Waals surface area contributed by atoms with Crippen LogP contribution in [0.2, 0.25) is 0 Å². The average Bonchev–Trinajstić information content (AvgIpc) is 3.20. The summed E-state index contributed by atoms with van der Waals surface area (Å²) in [6, 6.07) is 13.4. The number of benzene rings is 2. The Morgan fingerprint density at radius 1 is 1.23 bits per heavy atom. The van der Waals surface area contributed by atoms with Crippen LogP contribution in [-0.2, 0) is 6.42 Å². The number of hydrogen-bond acceptors (Lipinski definition) is 4. The smallest absolute Gasteiger partial charge is 0.315 e. The van der Waals surface area contributed by atoms with Crippen LogP contribution in [0.15, 0.2) is 42.5 Å². The van der Waals surface area contributed by atoms with Crippen molar-refractivity contribution in [1.82, 2.24) is 20.6 Å². The number of carbonyl (C=O) groups excluding carboxylic acids is 1. The van der Waals surface area contributed by atoms with Gasteiger partial charge in [-0.2, -0.15) is 0 Å². The molecule has 2 amide bonds. The van der Waals surface area contributed by atoms with Crippen LogP contribution in [0, 0.1) is 6.92 Å². The van der Waals surface area contributed by atoms with Crippen molar-refractivity contribution < 1.29 is 14.6 Å². The molecule has 1 heterocycles.